The van der Waals surface area contributed by atoms with E-state index in [4.69, 9.17) is 0 Å². The van der Waals surface area contributed by atoms with Crippen molar-refractivity contribution in [1.82, 2.24) is 15.8 Å². The molecular formula is C15H16N4O. The van der Waals surface area contributed by atoms with Crippen molar-refractivity contribution in [3.8, 4) is 0 Å². The van der Waals surface area contributed by atoms with Crippen molar-refractivity contribution in [2.24, 2.45) is 5.92 Å². The van der Waals surface area contributed by atoms with Crippen LogP contribution in [-0.4, -0.2) is 17.4 Å². The zero-order chi connectivity index (χ0) is 13.8. The minimum atomic E-state index is -0.148. The number of carbonyl (C=O) groups excluding carboxylic acids is 1. The number of hydrogen-bond acceptors (Lipinski definition) is 4. The summed E-state index contributed by atoms with van der Waals surface area (Å²) in [6, 6.07) is 13.5. The third kappa shape index (κ3) is 2.68. The Balaban J connectivity index is 1.74. The second-order valence-electron chi connectivity index (χ2n) is 4.75. The molecule has 1 aliphatic rings. The molecule has 2 unspecified atom stereocenters. The van der Waals surface area contributed by atoms with Gasteiger partial charge in [-0.1, -0.05) is 30.3 Å². The average Bonchev–Trinajstić information content (AvgIpc) is 2.99. The van der Waals surface area contributed by atoms with Crippen molar-refractivity contribution < 1.29 is 4.79 Å². The van der Waals surface area contributed by atoms with Crippen LogP contribution in [0.4, 0.5) is 5.69 Å². The maximum atomic E-state index is 12.4. The van der Waals surface area contributed by atoms with Crippen LogP contribution in [0.25, 0.3) is 0 Å². The smallest absolute Gasteiger partial charge is 0.230 e. The van der Waals surface area contributed by atoms with Crippen LogP contribution in [0.5, 0.6) is 0 Å². The van der Waals surface area contributed by atoms with Crippen LogP contribution in [0, 0.1) is 5.92 Å². The van der Waals surface area contributed by atoms with E-state index >= 15 is 0 Å². The number of pyridine rings is 1. The molecule has 0 radical (unpaired) electrons. The first kappa shape index (κ1) is 12.8. The van der Waals surface area contributed by atoms with Gasteiger partial charge in [0.15, 0.2) is 0 Å². The molecule has 0 spiro atoms. The summed E-state index contributed by atoms with van der Waals surface area (Å²) in [7, 11) is 0. The summed E-state index contributed by atoms with van der Waals surface area (Å²) in [6.45, 7) is 0.608. The fourth-order valence-electron chi connectivity index (χ4n) is 2.39. The van der Waals surface area contributed by atoms with E-state index in [0.29, 0.717) is 6.54 Å². The first-order chi connectivity index (χ1) is 9.84. The van der Waals surface area contributed by atoms with Crippen LogP contribution >= 0.6 is 0 Å². The van der Waals surface area contributed by atoms with E-state index in [0.717, 1.165) is 11.3 Å². The maximum Gasteiger partial charge on any atom is 0.230 e. The number of hydrazine groups is 1. The fraction of sp³-hybridized carbons (Fsp3) is 0.200. The highest BCUT2D eigenvalue weighted by atomic mass is 16.2. The molecule has 3 N–H and O–H groups in total. The molecule has 5 nitrogen and oxygen atoms in total. The summed E-state index contributed by atoms with van der Waals surface area (Å²) in [5.74, 6) is -0.145. The average molecular weight is 268 g/mol. The van der Waals surface area contributed by atoms with E-state index < -0.39 is 0 Å². The van der Waals surface area contributed by atoms with Crippen molar-refractivity contribution in [2.45, 2.75) is 6.04 Å². The van der Waals surface area contributed by atoms with Gasteiger partial charge in [0.2, 0.25) is 5.91 Å². The largest absolute Gasteiger partial charge is 0.326 e. The van der Waals surface area contributed by atoms with Gasteiger partial charge in [0, 0.05) is 24.6 Å². The molecule has 1 aromatic heterocycles. The molecule has 1 aliphatic heterocycles. The Hall–Kier alpha value is -2.24. The molecule has 5 heteroatoms. The molecule has 1 fully saturated rings. The topological polar surface area (TPSA) is 66.0 Å². The van der Waals surface area contributed by atoms with Crippen molar-refractivity contribution in [3.05, 3.63) is 60.4 Å². The van der Waals surface area contributed by atoms with Crippen LogP contribution in [-0.2, 0) is 4.79 Å². The van der Waals surface area contributed by atoms with Crippen molar-refractivity contribution in [2.75, 3.05) is 11.9 Å². The lowest BCUT2D eigenvalue weighted by Gasteiger charge is -2.18. The zero-order valence-electron chi connectivity index (χ0n) is 10.9. The Morgan fingerprint density at radius 3 is 2.65 bits per heavy atom. The van der Waals surface area contributed by atoms with Crippen molar-refractivity contribution >= 4 is 11.6 Å². The Bertz CT molecular complexity index is 573. The Morgan fingerprint density at radius 1 is 1.15 bits per heavy atom. The van der Waals surface area contributed by atoms with Gasteiger partial charge in [0.05, 0.1) is 12.0 Å². The van der Waals surface area contributed by atoms with E-state index in [2.05, 4.69) is 21.2 Å². The third-order valence-electron chi connectivity index (χ3n) is 3.43. The highest BCUT2D eigenvalue weighted by Gasteiger charge is 2.33. The van der Waals surface area contributed by atoms with Gasteiger partial charge in [0.1, 0.15) is 0 Å². The number of anilines is 1. The van der Waals surface area contributed by atoms with Gasteiger partial charge in [-0.15, -0.1) is 0 Å². The monoisotopic (exact) mass is 268 g/mol. The van der Waals surface area contributed by atoms with E-state index in [1.54, 1.807) is 24.5 Å². The normalized spacial score (nSPS) is 21.6. The Labute approximate surface area is 117 Å². The lowest BCUT2D eigenvalue weighted by Crippen LogP contribution is -2.29. The molecule has 0 aliphatic carbocycles. The quantitative estimate of drug-likeness (QED) is 0.789. The highest BCUT2D eigenvalue weighted by molar-refractivity contribution is 5.93. The molecule has 20 heavy (non-hydrogen) atoms. The van der Waals surface area contributed by atoms with Gasteiger partial charge in [-0.3, -0.25) is 15.2 Å². The molecule has 0 bridgehead atoms. The predicted octanol–water partition coefficient (Wildman–Crippen LogP) is 1.49. The fourth-order valence-corrected chi connectivity index (χ4v) is 2.39. The van der Waals surface area contributed by atoms with Crippen LogP contribution in [0.2, 0.25) is 0 Å². The van der Waals surface area contributed by atoms with Crippen LogP contribution in [0.1, 0.15) is 11.6 Å². The number of aromatic nitrogens is 1. The number of benzene rings is 1. The number of carbonyl (C=O) groups is 1. The maximum absolute atomic E-state index is 12.4. The number of rotatable bonds is 3. The van der Waals surface area contributed by atoms with Gasteiger partial charge < -0.3 is 5.32 Å². The van der Waals surface area contributed by atoms with E-state index in [1.165, 1.54) is 0 Å². The molecule has 2 aromatic rings. The second kappa shape index (κ2) is 5.81. The highest BCUT2D eigenvalue weighted by Crippen LogP contribution is 2.25. The van der Waals surface area contributed by atoms with Gasteiger partial charge in [-0.25, -0.2) is 5.43 Å². The molecule has 2 atom stereocenters. The lowest BCUT2D eigenvalue weighted by atomic mass is 9.94. The molecule has 2 heterocycles. The summed E-state index contributed by atoms with van der Waals surface area (Å²) in [4.78, 5) is 16.3. The minimum absolute atomic E-state index is 0.00236. The molecule has 1 aromatic carbocycles. The van der Waals surface area contributed by atoms with Gasteiger partial charge in [0.25, 0.3) is 0 Å². The number of hydrogen-bond donors (Lipinski definition) is 3. The van der Waals surface area contributed by atoms with Crippen molar-refractivity contribution in [1.29, 1.82) is 0 Å². The van der Waals surface area contributed by atoms with Crippen molar-refractivity contribution in [3.63, 3.8) is 0 Å². The molecule has 102 valence electrons. The summed E-state index contributed by atoms with van der Waals surface area (Å²) >= 11 is 0. The molecule has 1 saturated heterocycles. The lowest BCUT2D eigenvalue weighted by molar-refractivity contribution is -0.119. The second-order valence-corrected chi connectivity index (χ2v) is 4.75. The van der Waals surface area contributed by atoms with Gasteiger partial charge in [-0.2, -0.15) is 0 Å². The summed E-state index contributed by atoms with van der Waals surface area (Å²) in [5.41, 5.74) is 8.10. The Kier molecular flexibility index (Phi) is 3.71. The van der Waals surface area contributed by atoms with Crippen LogP contribution in [0.3, 0.4) is 0 Å². The van der Waals surface area contributed by atoms with Crippen LogP contribution < -0.4 is 16.2 Å². The van der Waals surface area contributed by atoms with Gasteiger partial charge >= 0.3 is 0 Å². The molecule has 0 saturated carbocycles. The first-order valence-electron chi connectivity index (χ1n) is 6.59. The van der Waals surface area contributed by atoms with E-state index in [-0.39, 0.29) is 17.9 Å². The van der Waals surface area contributed by atoms with Gasteiger partial charge in [-0.05, 0) is 17.7 Å². The first-order valence-corrected chi connectivity index (χ1v) is 6.59. The summed E-state index contributed by atoms with van der Waals surface area (Å²) in [5, 5.41) is 2.92. The minimum Gasteiger partial charge on any atom is -0.326 e. The predicted molar refractivity (Wildman–Crippen MR) is 76.7 cm³/mol. The molecular weight excluding hydrogens is 252 g/mol. The number of nitrogens with one attached hydrogen (secondary N) is 3. The molecule has 3 rings (SSSR count). The number of nitrogens with zero attached hydrogens (tertiary/aromatic N) is 1. The zero-order valence-corrected chi connectivity index (χ0v) is 10.9. The summed E-state index contributed by atoms with van der Waals surface area (Å²) in [6.07, 6.45) is 3.32. The number of amides is 1. The van der Waals surface area contributed by atoms with Crippen LogP contribution in [0.15, 0.2) is 54.9 Å². The standard InChI is InChI=1S/C15H16N4O/c20-15(18-12-6-8-16-9-7-12)13-10-17-19-14(13)11-4-2-1-3-5-11/h1-9,13-14,17,19H,10H2,(H,16,18,20). The Morgan fingerprint density at radius 2 is 1.90 bits per heavy atom. The third-order valence-corrected chi connectivity index (χ3v) is 3.43. The SMILES string of the molecule is O=C(Nc1ccncc1)C1CNNC1c1ccccc1. The summed E-state index contributed by atoms with van der Waals surface area (Å²) < 4.78 is 0. The van der Waals surface area contributed by atoms with E-state index in [1.807, 2.05) is 30.3 Å². The van der Waals surface area contributed by atoms with E-state index in [9.17, 15) is 4.79 Å². The molecule has 1 amide bonds.